The van der Waals surface area contributed by atoms with Crippen LogP contribution in [0, 0.1) is 10.2 Å². The maximum absolute atomic E-state index is 8.49. The number of aryl methyl sites for hydroxylation is 2. The lowest BCUT2D eigenvalue weighted by Gasteiger charge is -2.17. The topological polar surface area (TPSA) is 122 Å². The van der Waals surface area contributed by atoms with E-state index in [1.807, 2.05) is 24.3 Å². The van der Waals surface area contributed by atoms with Crippen LogP contribution in [0.1, 0.15) is 59.5 Å². The molecule has 0 atom stereocenters. The monoisotopic (exact) mass is 524 g/mol. The van der Waals surface area contributed by atoms with Gasteiger partial charge in [-0.2, -0.15) is 0 Å². The third-order valence-corrected chi connectivity index (χ3v) is 6.42. The van der Waals surface area contributed by atoms with Crippen LogP contribution in [0.4, 0.5) is 0 Å². The summed E-state index contributed by atoms with van der Waals surface area (Å²) in [6, 6.07) is 18.9. The third kappa shape index (κ3) is 7.41. The van der Waals surface area contributed by atoms with Crippen LogP contribution < -0.4 is 28.1 Å². The predicted octanol–water partition coefficient (Wildman–Crippen LogP) is 2.58. The Hall–Kier alpha value is -3.20. The molecule has 2 aliphatic carbocycles. The summed E-state index contributed by atoms with van der Waals surface area (Å²) in [6.07, 6.45) is 11.1. The summed E-state index contributed by atoms with van der Waals surface area (Å²) in [4.78, 5) is 0. The highest BCUT2D eigenvalue weighted by Gasteiger charge is 2.33. The fourth-order valence-electron chi connectivity index (χ4n) is 4.73. The first kappa shape index (κ1) is 26.9. The molecular weight excluding hydrogens is 496 g/mol. The molecule has 8 heteroatoms. The fourth-order valence-corrected chi connectivity index (χ4v) is 4.73. The summed E-state index contributed by atoms with van der Waals surface area (Å²) in [5.74, 6) is 3.88. The van der Waals surface area contributed by atoms with E-state index >= 15 is 0 Å². The Balaban J connectivity index is 0.000000586. The van der Waals surface area contributed by atoms with Gasteiger partial charge >= 0.3 is 11.5 Å². The minimum Gasteiger partial charge on any atom is -0.497 e. The van der Waals surface area contributed by atoms with Crippen LogP contribution in [-0.4, -0.2) is 14.2 Å². The zero-order valence-electron chi connectivity index (χ0n) is 20.8. The third-order valence-electron chi connectivity index (χ3n) is 6.42. The Morgan fingerprint density at radius 1 is 0.649 bits per heavy atom. The molecular formula is C29H29ClO7. The van der Waals surface area contributed by atoms with E-state index in [4.69, 9.17) is 32.5 Å². The van der Waals surface area contributed by atoms with Crippen molar-refractivity contribution < 1.29 is 42.8 Å². The Bertz CT molecular complexity index is 1180. The first-order chi connectivity index (χ1) is 17.7. The minimum atomic E-state index is -4.94. The number of allylic oxidation sites excluding steroid dienone is 2. The number of benzene rings is 2. The molecule has 0 saturated heterocycles. The van der Waals surface area contributed by atoms with Gasteiger partial charge in [0.2, 0.25) is 0 Å². The summed E-state index contributed by atoms with van der Waals surface area (Å²) in [7, 11) is -1.55. The zero-order chi connectivity index (χ0) is 26.4. The van der Waals surface area contributed by atoms with Gasteiger partial charge < -0.3 is 9.47 Å². The van der Waals surface area contributed by atoms with E-state index in [9.17, 15) is 0 Å². The number of halogens is 1. The SMILES string of the molecule is COc1ccc(/C=C2\CCCc3cc4c([o+]c32)/C(=C/c2ccc(OC)cc2)CCC4)cc1.[O-][Cl+3]([O-])([O-])[O-]. The molecule has 0 amide bonds. The van der Waals surface area contributed by atoms with Crippen molar-refractivity contribution in [1.82, 2.24) is 0 Å². The summed E-state index contributed by atoms with van der Waals surface area (Å²) in [5.41, 5.74) is 7.62. The first-order valence-electron chi connectivity index (χ1n) is 12.0. The normalized spacial score (nSPS) is 16.9. The number of ether oxygens (including phenoxy) is 2. The van der Waals surface area contributed by atoms with E-state index in [1.54, 1.807) is 14.2 Å². The van der Waals surface area contributed by atoms with Crippen molar-refractivity contribution in [2.75, 3.05) is 14.2 Å². The molecule has 5 rings (SSSR count). The van der Waals surface area contributed by atoms with Gasteiger partial charge in [0.1, 0.15) is 11.5 Å². The van der Waals surface area contributed by atoms with Crippen LogP contribution in [0.15, 0.2) is 59.0 Å². The quantitative estimate of drug-likeness (QED) is 0.481. The van der Waals surface area contributed by atoms with Gasteiger partial charge in [0.15, 0.2) is 0 Å². The fraction of sp³-hybridized carbons (Fsp3) is 0.276. The van der Waals surface area contributed by atoms with Crippen molar-refractivity contribution in [3.05, 3.63) is 88.4 Å². The van der Waals surface area contributed by atoms with E-state index in [-0.39, 0.29) is 0 Å². The predicted molar refractivity (Wildman–Crippen MR) is 131 cm³/mol. The van der Waals surface area contributed by atoms with Crippen LogP contribution in [0.3, 0.4) is 0 Å². The Morgan fingerprint density at radius 2 is 1.03 bits per heavy atom. The largest absolute Gasteiger partial charge is 0.497 e. The van der Waals surface area contributed by atoms with Crippen LogP contribution in [0.25, 0.3) is 23.3 Å². The summed E-state index contributed by atoms with van der Waals surface area (Å²) < 4.78 is 51.3. The highest BCUT2D eigenvalue weighted by molar-refractivity contribution is 5.85. The number of rotatable bonds is 4. The molecule has 0 fully saturated rings. The van der Waals surface area contributed by atoms with Crippen LogP contribution in [0.5, 0.6) is 11.5 Å². The highest BCUT2D eigenvalue weighted by Crippen LogP contribution is 2.40. The smallest absolute Gasteiger partial charge is 0.359 e. The molecule has 1 aromatic heterocycles. The first-order valence-corrected chi connectivity index (χ1v) is 13.3. The van der Waals surface area contributed by atoms with Crippen LogP contribution in [-0.2, 0) is 12.8 Å². The Morgan fingerprint density at radius 3 is 1.38 bits per heavy atom. The summed E-state index contributed by atoms with van der Waals surface area (Å²) >= 11 is 0. The standard InChI is InChI=1S/C29H29O3.ClHO4/c1-30-26-13-9-20(10-14-26)17-22-5-3-7-24-19-25-8-4-6-23(29(25)32-28(22)24)18-21-11-15-27(31-2)16-12-21;2-1(3,4)5/h9-19H,3-8H2,1-2H3;(H,2,3,4,5)/q+1;/p-1/b22-17+,23-18+;. The van der Waals surface area contributed by atoms with Gasteiger partial charge in [-0.25, -0.2) is 23.1 Å². The molecule has 0 spiro atoms. The Labute approximate surface area is 218 Å². The van der Waals surface area contributed by atoms with Gasteiger partial charge in [-0.1, -0.05) is 24.3 Å². The van der Waals surface area contributed by atoms with E-state index in [1.165, 1.54) is 33.4 Å². The molecule has 37 heavy (non-hydrogen) atoms. The average molecular weight is 525 g/mol. The molecule has 0 radical (unpaired) electrons. The molecule has 7 nitrogen and oxygen atoms in total. The molecule has 1 heterocycles. The maximum Gasteiger partial charge on any atom is 0.359 e. The summed E-state index contributed by atoms with van der Waals surface area (Å²) in [6.45, 7) is 0. The molecule has 0 bridgehead atoms. The molecule has 0 unspecified atom stereocenters. The molecule has 2 aliphatic rings. The van der Waals surface area contributed by atoms with E-state index in [2.05, 4.69) is 42.5 Å². The van der Waals surface area contributed by atoms with Crippen LogP contribution in [0.2, 0.25) is 0 Å². The second kappa shape index (κ2) is 11.9. The van der Waals surface area contributed by atoms with E-state index in [0.717, 1.165) is 61.5 Å². The second-order valence-electron chi connectivity index (χ2n) is 8.93. The molecule has 0 aliphatic heterocycles. The molecule has 2 aromatic carbocycles. The van der Waals surface area contributed by atoms with Crippen LogP contribution >= 0.6 is 0 Å². The van der Waals surface area contributed by atoms with Gasteiger partial charge in [-0.05, 0) is 92.1 Å². The van der Waals surface area contributed by atoms with Crippen molar-refractivity contribution in [2.24, 2.45) is 0 Å². The van der Waals surface area contributed by atoms with E-state index in [0.29, 0.717) is 0 Å². The van der Waals surface area contributed by atoms with Gasteiger partial charge in [0, 0.05) is 0 Å². The zero-order valence-corrected chi connectivity index (χ0v) is 21.6. The van der Waals surface area contributed by atoms with Gasteiger partial charge in [-0.15, -0.1) is 10.2 Å². The number of methoxy groups -OCH3 is 2. The van der Waals surface area contributed by atoms with Gasteiger partial charge in [-0.3, -0.25) is 0 Å². The lowest BCUT2D eigenvalue weighted by Crippen LogP contribution is -2.68. The van der Waals surface area contributed by atoms with Crippen molar-refractivity contribution >= 4 is 23.3 Å². The molecule has 0 N–H and O–H groups in total. The van der Waals surface area contributed by atoms with Crippen molar-refractivity contribution in [2.45, 2.75) is 38.5 Å². The maximum atomic E-state index is 8.49. The van der Waals surface area contributed by atoms with E-state index < -0.39 is 10.2 Å². The number of hydrogen-bond donors (Lipinski definition) is 0. The minimum absolute atomic E-state index is 0.878. The average Bonchev–Trinajstić information content (AvgIpc) is 2.88. The molecule has 194 valence electrons. The van der Waals surface area contributed by atoms with Crippen molar-refractivity contribution in [1.29, 1.82) is 0 Å². The van der Waals surface area contributed by atoms with Crippen molar-refractivity contribution in [3.8, 4) is 11.5 Å². The number of fused-ring (bicyclic) bond motifs is 2. The lowest BCUT2D eigenvalue weighted by molar-refractivity contribution is -2.00. The number of hydrogen-bond acceptors (Lipinski definition) is 6. The van der Waals surface area contributed by atoms with Gasteiger partial charge in [0.05, 0.1) is 36.5 Å². The second-order valence-corrected chi connectivity index (χ2v) is 9.68. The molecule has 3 aromatic rings. The molecule has 0 saturated carbocycles. The summed E-state index contributed by atoms with van der Waals surface area (Å²) in [5, 5.41) is 0. The highest BCUT2D eigenvalue weighted by atomic mass is 35.7. The lowest BCUT2D eigenvalue weighted by atomic mass is 9.86. The van der Waals surface area contributed by atoms with Crippen molar-refractivity contribution in [3.63, 3.8) is 0 Å². The Kier molecular flexibility index (Phi) is 8.63. The van der Waals surface area contributed by atoms with Gasteiger partial charge in [0.25, 0.3) is 0 Å².